The molecule has 0 aromatic heterocycles. The number of aryl methyl sites for hydroxylation is 1. The summed E-state index contributed by atoms with van der Waals surface area (Å²) in [6.45, 7) is 4.45. The number of carbonyl (C=O) groups is 1. The van der Waals surface area contributed by atoms with Gasteiger partial charge in [0.2, 0.25) is 5.91 Å². The number of amides is 1. The molecule has 1 amide bonds. The van der Waals surface area contributed by atoms with Gasteiger partial charge in [-0.3, -0.25) is 4.79 Å². The summed E-state index contributed by atoms with van der Waals surface area (Å²) in [5.74, 6) is 0.865. The Bertz CT molecular complexity index is 717. The summed E-state index contributed by atoms with van der Waals surface area (Å²) in [4.78, 5) is 12.0. The second-order valence-electron chi connectivity index (χ2n) is 5.74. The molecule has 1 unspecified atom stereocenters. The first-order chi connectivity index (χ1) is 11.6. The van der Waals surface area contributed by atoms with Gasteiger partial charge in [0.25, 0.3) is 0 Å². The molecule has 1 N–H and O–H groups in total. The molecule has 0 saturated carbocycles. The third-order valence-electron chi connectivity index (χ3n) is 3.82. The van der Waals surface area contributed by atoms with Crippen molar-refractivity contribution in [2.24, 2.45) is 0 Å². The average Bonchev–Trinajstić information content (AvgIpc) is 2.60. The Morgan fingerprint density at radius 2 is 1.92 bits per heavy atom. The van der Waals surface area contributed by atoms with E-state index in [0.717, 1.165) is 16.9 Å². The van der Waals surface area contributed by atoms with E-state index in [2.05, 4.69) is 11.4 Å². The minimum absolute atomic E-state index is 0.000225. The van der Waals surface area contributed by atoms with Gasteiger partial charge < -0.3 is 10.1 Å². The van der Waals surface area contributed by atoms with Crippen molar-refractivity contribution in [3.8, 4) is 11.8 Å². The number of hydrogen-bond acceptors (Lipinski definition) is 3. The van der Waals surface area contributed by atoms with Crippen molar-refractivity contribution in [2.45, 2.75) is 32.7 Å². The third kappa shape index (κ3) is 5.13. The van der Waals surface area contributed by atoms with Crippen LogP contribution in [0.25, 0.3) is 0 Å². The van der Waals surface area contributed by atoms with E-state index in [4.69, 9.17) is 10.00 Å². The smallest absolute Gasteiger partial charge is 0.220 e. The molecule has 0 spiro atoms. The summed E-state index contributed by atoms with van der Waals surface area (Å²) >= 11 is 0. The lowest BCUT2D eigenvalue weighted by atomic mass is 10.1. The summed E-state index contributed by atoms with van der Waals surface area (Å²) in [7, 11) is 0. The fourth-order valence-electron chi connectivity index (χ4n) is 2.38. The monoisotopic (exact) mass is 322 g/mol. The molecule has 0 heterocycles. The molecule has 1 atom stereocenters. The van der Waals surface area contributed by atoms with E-state index in [9.17, 15) is 4.79 Å². The van der Waals surface area contributed by atoms with Crippen LogP contribution in [0.4, 0.5) is 0 Å². The van der Waals surface area contributed by atoms with E-state index >= 15 is 0 Å². The average molecular weight is 322 g/mol. The molecule has 0 aliphatic carbocycles. The van der Waals surface area contributed by atoms with Crippen molar-refractivity contribution >= 4 is 5.91 Å². The maximum Gasteiger partial charge on any atom is 0.220 e. The molecule has 0 aliphatic heterocycles. The lowest BCUT2D eigenvalue weighted by molar-refractivity contribution is -0.121. The van der Waals surface area contributed by atoms with E-state index < -0.39 is 0 Å². The molecular formula is C20H22N2O2. The van der Waals surface area contributed by atoms with Crippen LogP contribution < -0.4 is 10.1 Å². The summed E-state index contributed by atoms with van der Waals surface area (Å²) in [5, 5.41) is 11.8. The largest absolute Gasteiger partial charge is 0.493 e. The van der Waals surface area contributed by atoms with E-state index in [-0.39, 0.29) is 11.9 Å². The van der Waals surface area contributed by atoms with Gasteiger partial charge in [0.15, 0.2) is 0 Å². The van der Waals surface area contributed by atoms with Crippen LogP contribution in [0.5, 0.6) is 5.75 Å². The zero-order valence-corrected chi connectivity index (χ0v) is 14.1. The van der Waals surface area contributed by atoms with Gasteiger partial charge in [-0.25, -0.2) is 0 Å². The molecule has 4 heteroatoms. The van der Waals surface area contributed by atoms with Gasteiger partial charge in [-0.1, -0.05) is 30.3 Å². The van der Waals surface area contributed by atoms with Gasteiger partial charge in [-0.15, -0.1) is 0 Å². The van der Waals surface area contributed by atoms with Crippen LogP contribution in [0.15, 0.2) is 48.5 Å². The van der Waals surface area contributed by atoms with Crippen molar-refractivity contribution < 1.29 is 9.53 Å². The number of nitrogens with one attached hydrogen (secondary N) is 1. The maximum atomic E-state index is 12.0. The summed E-state index contributed by atoms with van der Waals surface area (Å²) in [5.41, 5.74) is 2.69. The highest BCUT2D eigenvalue weighted by atomic mass is 16.5. The maximum absolute atomic E-state index is 12.0. The SMILES string of the molecule is Cc1ccccc1OCCCC(=O)NC(C)c1ccc(C#N)cc1. The number of rotatable bonds is 7. The molecule has 24 heavy (non-hydrogen) atoms. The van der Waals surface area contributed by atoms with E-state index in [1.54, 1.807) is 12.1 Å². The van der Waals surface area contributed by atoms with Crippen LogP contribution in [0, 0.1) is 18.3 Å². The number of nitriles is 1. The van der Waals surface area contributed by atoms with Gasteiger partial charge in [-0.2, -0.15) is 5.26 Å². The van der Waals surface area contributed by atoms with Gasteiger partial charge in [0, 0.05) is 6.42 Å². The first-order valence-electron chi connectivity index (χ1n) is 8.08. The Hall–Kier alpha value is -2.80. The number of hydrogen-bond donors (Lipinski definition) is 1. The second kappa shape index (κ2) is 8.73. The fourth-order valence-corrected chi connectivity index (χ4v) is 2.38. The molecule has 124 valence electrons. The van der Waals surface area contributed by atoms with Crippen molar-refractivity contribution in [1.29, 1.82) is 5.26 Å². The highest BCUT2D eigenvalue weighted by molar-refractivity contribution is 5.76. The van der Waals surface area contributed by atoms with Crippen LogP contribution >= 0.6 is 0 Å². The van der Waals surface area contributed by atoms with Crippen LogP contribution in [0.3, 0.4) is 0 Å². The normalized spacial score (nSPS) is 11.4. The Labute approximate surface area is 143 Å². The molecule has 0 bridgehead atoms. The number of nitrogens with zero attached hydrogens (tertiary/aromatic N) is 1. The molecule has 0 radical (unpaired) electrons. The zero-order chi connectivity index (χ0) is 17.4. The third-order valence-corrected chi connectivity index (χ3v) is 3.82. The molecule has 2 aromatic carbocycles. The van der Waals surface area contributed by atoms with Gasteiger partial charge in [0.1, 0.15) is 5.75 Å². The Kier molecular flexibility index (Phi) is 6.39. The quantitative estimate of drug-likeness (QED) is 0.786. The molecule has 2 rings (SSSR count). The van der Waals surface area contributed by atoms with Crippen LogP contribution in [0.1, 0.15) is 42.5 Å². The molecule has 0 aliphatic rings. The summed E-state index contributed by atoms with van der Waals surface area (Å²) < 4.78 is 5.69. The second-order valence-corrected chi connectivity index (χ2v) is 5.74. The van der Waals surface area contributed by atoms with Gasteiger partial charge >= 0.3 is 0 Å². The van der Waals surface area contributed by atoms with Gasteiger partial charge in [0.05, 0.1) is 24.3 Å². The first-order valence-corrected chi connectivity index (χ1v) is 8.08. The van der Waals surface area contributed by atoms with Crippen molar-refractivity contribution in [1.82, 2.24) is 5.32 Å². The predicted molar refractivity (Wildman–Crippen MR) is 93.6 cm³/mol. The molecule has 0 saturated heterocycles. The topological polar surface area (TPSA) is 62.1 Å². The molecule has 0 fully saturated rings. The number of para-hydroxylation sites is 1. The summed E-state index contributed by atoms with van der Waals surface area (Å²) in [6.07, 6.45) is 1.09. The highest BCUT2D eigenvalue weighted by Crippen LogP contribution is 2.17. The van der Waals surface area contributed by atoms with Crippen LogP contribution in [-0.2, 0) is 4.79 Å². The summed E-state index contributed by atoms with van der Waals surface area (Å²) in [6, 6.07) is 17.1. The Morgan fingerprint density at radius 1 is 1.21 bits per heavy atom. The van der Waals surface area contributed by atoms with Crippen LogP contribution in [0.2, 0.25) is 0 Å². The van der Waals surface area contributed by atoms with Crippen molar-refractivity contribution in [3.05, 3.63) is 65.2 Å². The molecule has 2 aromatic rings. The minimum Gasteiger partial charge on any atom is -0.493 e. The lowest BCUT2D eigenvalue weighted by Crippen LogP contribution is -2.26. The van der Waals surface area contributed by atoms with Crippen molar-refractivity contribution in [2.75, 3.05) is 6.61 Å². The zero-order valence-electron chi connectivity index (χ0n) is 14.1. The van der Waals surface area contributed by atoms with Crippen LogP contribution in [-0.4, -0.2) is 12.5 Å². The number of ether oxygens (including phenoxy) is 1. The fraction of sp³-hybridized carbons (Fsp3) is 0.300. The standard InChI is InChI=1S/C20H22N2O2/c1-15-6-3-4-7-19(15)24-13-5-8-20(23)22-16(2)18-11-9-17(14-21)10-12-18/h3-4,6-7,9-12,16H,5,8,13H2,1-2H3,(H,22,23). The highest BCUT2D eigenvalue weighted by Gasteiger charge is 2.09. The minimum atomic E-state index is -0.0810. The van der Waals surface area contributed by atoms with E-state index in [0.29, 0.717) is 25.0 Å². The lowest BCUT2D eigenvalue weighted by Gasteiger charge is -2.14. The molecular weight excluding hydrogens is 300 g/mol. The molecule has 4 nitrogen and oxygen atoms in total. The Balaban J connectivity index is 1.72. The number of benzene rings is 2. The van der Waals surface area contributed by atoms with Crippen molar-refractivity contribution in [3.63, 3.8) is 0 Å². The number of carbonyl (C=O) groups excluding carboxylic acids is 1. The van der Waals surface area contributed by atoms with E-state index in [1.165, 1.54) is 0 Å². The van der Waals surface area contributed by atoms with E-state index in [1.807, 2.05) is 50.2 Å². The first kappa shape index (κ1) is 17.6. The Morgan fingerprint density at radius 3 is 2.58 bits per heavy atom. The van der Waals surface area contributed by atoms with Gasteiger partial charge in [-0.05, 0) is 49.6 Å². The predicted octanol–water partition coefficient (Wildman–Crippen LogP) is 3.90.